The molecule has 0 spiro atoms. The van der Waals surface area contributed by atoms with Gasteiger partial charge in [-0.25, -0.2) is 4.39 Å². The second-order valence-electron chi connectivity index (χ2n) is 5.55. The van der Waals surface area contributed by atoms with Crippen LogP contribution in [0.15, 0.2) is 35.3 Å². The Hall–Kier alpha value is -2.39. The highest BCUT2D eigenvalue weighted by Crippen LogP contribution is 2.26. The average Bonchev–Trinajstić information content (AvgIpc) is 2.56. The molecule has 0 amide bonds. The molecule has 0 saturated heterocycles. The van der Waals surface area contributed by atoms with Gasteiger partial charge in [0, 0.05) is 33.4 Å². The first kappa shape index (κ1) is 21.7. The van der Waals surface area contributed by atoms with E-state index in [1.807, 2.05) is 13.8 Å². The Balaban J connectivity index is 0.00000163. The van der Waals surface area contributed by atoms with Crippen molar-refractivity contribution < 1.29 is 12.8 Å². The van der Waals surface area contributed by atoms with E-state index in [0.29, 0.717) is 0 Å². The van der Waals surface area contributed by atoms with Crippen molar-refractivity contribution >= 4 is 27.3 Å². The van der Waals surface area contributed by atoms with Gasteiger partial charge in [-0.05, 0) is 24.6 Å². The van der Waals surface area contributed by atoms with Crippen LogP contribution in [0.4, 0.5) is 21.5 Å². The van der Waals surface area contributed by atoms with Gasteiger partial charge in [-0.2, -0.15) is 12.7 Å². The van der Waals surface area contributed by atoms with E-state index in [4.69, 9.17) is 0 Å². The third kappa shape index (κ3) is 5.30. The number of benzene rings is 1. The zero-order valence-electron chi connectivity index (χ0n) is 15.8. The highest BCUT2D eigenvalue weighted by molar-refractivity contribution is 7.90. The van der Waals surface area contributed by atoms with Gasteiger partial charge in [0.15, 0.2) is 0 Å². The van der Waals surface area contributed by atoms with Crippen LogP contribution in [0.25, 0.3) is 0 Å². The van der Waals surface area contributed by atoms with Crippen LogP contribution in [0, 0.1) is 12.7 Å². The van der Waals surface area contributed by atoms with E-state index in [9.17, 15) is 17.6 Å². The van der Waals surface area contributed by atoms with E-state index < -0.39 is 16.0 Å². The SMILES string of the molecule is CC.Cc1ccc(Nc2cc(=O)n(C)cc2NS(=O)(=O)N(C)C)c(F)c1. The lowest BCUT2D eigenvalue weighted by atomic mass is 10.2. The second-order valence-corrected chi connectivity index (χ2v) is 7.43. The minimum absolute atomic E-state index is 0.130. The van der Waals surface area contributed by atoms with Gasteiger partial charge in [0.1, 0.15) is 5.82 Å². The number of pyridine rings is 1. The molecular formula is C17H25FN4O3S. The topological polar surface area (TPSA) is 83.4 Å². The highest BCUT2D eigenvalue weighted by Gasteiger charge is 2.17. The number of anilines is 3. The Kier molecular flexibility index (Phi) is 7.34. The Morgan fingerprint density at radius 3 is 2.23 bits per heavy atom. The molecule has 1 aromatic carbocycles. The van der Waals surface area contributed by atoms with Gasteiger partial charge in [0.05, 0.1) is 17.1 Å². The van der Waals surface area contributed by atoms with E-state index in [1.54, 1.807) is 13.0 Å². The summed E-state index contributed by atoms with van der Waals surface area (Å²) in [6.07, 6.45) is 1.33. The van der Waals surface area contributed by atoms with Crippen LogP contribution in [0.2, 0.25) is 0 Å². The molecule has 0 atom stereocenters. The molecule has 0 saturated carbocycles. The summed E-state index contributed by atoms with van der Waals surface area (Å²) in [4.78, 5) is 11.9. The first-order valence-electron chi connectivity index (χ1n) is 8.04. The number of hydrogen-bond acceptors (Lipinski definition) is 4. The summed E-state index contributed by atoms with van der Waals surface area (Å²) in [5.41, 5.74) is 0.810. The zero-order valence-corrected chi connectivity index (χ0v) is 16.6. The number of aryl methyl sites for hydroxylation is 2. The number of nitrogens with one attached hydrogen (secondary N) is 2. The number of hydrogen-bond donors (Lipinski definition) is 2. The van der Waals surface area contributed by atoms with Gasteiger partial charge >= 0.3 is 10.2 Å². The fraction of sp³-hybridized carbons (Fsp3) is 0.353. The molecule has 0 aliphatic heterocycles. The van der Waals surface area contributed by atoms with Gasteiger partial charge < -0.3 is 9.88 Å². The van der Waals surface area contributed by atoms with Crippen LogP contribution in [-0.4, -0.2) is 31.4 Å². The predicted molar refractivity (Wildman–Crippen MR) is 104 cm³/mol. The Bertz CT molecular complexity index is 924. The van der Waals surface area contributed by atoms with Crippen molar-refractivity contribution in [2.75, 3.05) is 24.1 Å². The van der Waals surface area contributed by atoms with Crippen molar-refractivity contribution in [3.05, 3.63) is 52.2 Å². The van der Waals surface area contributed by atoms with Gasteiger partial charge in [0.2, 0.25) is 0 Å². The summed E-state index contributed by atoms with van der Waals surface area (Å²) in [5, 5.41) is 2.76. The monoisotopic (exact) mass is 384 g/mol. The summed E-state index contributed by atoms with van der Waals surface area (Å²) in [5.74, 6) is -0.503. The third-order valence-corrected chi connectivity index (χ3v) is 4.78. The van der Waals surface area contributed by atoms with E-state index in [1.165, 1.54) is 50.1 Å². The van der Waals surface area contributed by atoms with Gasteiger partial charge in [-0.15, -0.1) is 0 Å². The molecule has 144 valence electrons. The molecule has 2 rings (SSSR count). The number of rotatable bonds is 5. The second kappa shape index (κ2) is 8.81. The average molecular weight is 384 g/mol. The van der Waals surface area contributed by atoms with Crippen molar-refractivity contribution in [2.24, 2.45) is 7.05 Å². The highest BCUT2D eigenvalue weighted by atomic mass is 32.2. The fourth-order valence-electron chi connectivity index (χ4n) is 1.91. The molecule has 0 bridgehead atoms. The van der Waals surface area contributed by atoms with E-state index in [2.05, 4.69) is 10.0 Å². The van der Waals surface area contributed by atoms with E-state index in [0.717, 1.165) is 9.87 Å². The molecule has 7 nitrogen and oxygen atoms in total. The smallest absolute Gasteiger partial charge is 0.301 e. The quantitative estimate of drug-likeness (QED) is 0.830. The maximum absolute atomic E-state index is 14.0. The molecule has 2 aromatic rings. The zero-order chi connectivity index (χ0) is 20.1. The summed E-state index contributed by atoms with van der Waals surface area (Å²) in [6.45, 7) is 5.75. The van der Waals surface area contributed by atoms with Crippen LogP contribution < -0.4 is 15.6 Å². The molecule has 0 fully saturated rings. The standard InChI is InChI=1S/C15H19FN4O3S.C2H6/c1-10-5-6-12(11(16)7-10)17-13-8-15(21)20(4)9-14(13)18-24(22,23)19(2)3;1-2/h5-9,17-18H,1-4H3;1-2H3. The van der Waals surface area contributed by atoms with Crippen LogP contribution in [-0.2, 0) is 17.3 Å². The van der Waals surface area contributed by atoms with Crippen molar-refractivity contribution in [1.29, 1.82) is 0 Å². The van der Waals surface area contributed by atoms with Crippen LogP contribution in [0.1, 0.15) is 19.4 Å². The van der Waals surface area contributed by atoms with Crippen molar-refractivity contribution in [1.82, 2.24) is 8.87 Å². The molecular weight excluding hydrogens is 359 g/mol. The summed E-state index contributed by atoms with van der Waals surface area (Å²) >= 11 is 0. The Morgan fingerprint density at radius 1 is 1.08 bits per heavy atom. The number of aromatic nitrogens is 1. The van der Waals surface area contributed by atoms with E-state index >= 15 is 0 Å². The molecule has 1 aromatic heterocycles. The van der Waals surface area contributed by atoms with Gasteiger partial charge in [-0.1, -0.05) is 19.9 Å². The van der Waals surface area contributed by atoms with Crippen molar-refractivity contribution in [3.63, 3.8) is 0 Å². The Morgan fingerprint density at radius 2 is 1.69 bits per heavy atom. The van der Waals surface area contributed by atoms with E-state index in [-0.39, 0.29) is 22.6 Å². The molecule has 1 heterocycles. The first-order valence-corrected chi connectivity index (χ1v) is 9.48. The normalized spacial score (nSPS) is 10.9. The Labute approximate surface area is 153 Å². The summed E-state index contributed by atoms with van der Waals surface area (Å²) in [6, 6.07) is 5.77. The maximum atomic E-state index is 14.0. The molecule has 0 unspecified atom stereocenters. The molecule has 0 radical (unpaired) electrons. The fourth-order valence-corrected chi connectivity index (χ4v) is 2.53. The van der Waals surface area contributed by atoms with Crippen LogP contribution in [0.5, 0.6) is 0 Å². The molecule has 0 aliphatic rings. The van der Waals surface area contributed by atoms with Gasteiger partial charge in [0.25, 0.3) is 5.56 Å². The maximum Gasteiger partial charge on any atom is 0.301 e. The minimum atomic E-state index is -3.78. The van der Waals surface area contributed by atoms with Crippen molar-refractivity contribution in [2.45, 2.75) is 20.8 Å². The van der Waals surface area contributed by atoms with Crippen LogP contribution >= 0.6 is 0 Å². The molecule has 9 heteroatoms. The first-order chi connectivity index (χ1) is 12.1. The van der Waals surface area contributed by atoms with Crippen LogP contribution in [0.3, 0.4) is 0 Å². The molecule has 2 N–H and O–H groups in total. The number of halogens is 1. The third-order valence-electron chi connectivity index (χ3n) is 3.34. The summed E-state index contributed by atoms with van der Waals surface area (Å²) < 4.78 is 42.7. The van der Waals surface area contributed by atoms with Gasteiger partial charge in [-0.3, -0.25) is 9.52 Å². The predicted octanol–water partition coefficient (Wildman–Crippen LogP) is 2.82. The lowest BCUT2D eigenvalue weighted by molar-refractivity contribution is 0.527. The molecule has 0 aliphatic carbocycles. The largest absolute Gasteiger partial charge is 0.351 e. The lowest BCUT2D eigenvalue weighted by Gasteiger charge is -2.18. The molecule has 26 heavy (non-hydrogen) atoms. The summed E-state index contributed by atoms with van der Waals surface area (Å²) in [7, 11) is 0.458. The van der Waals surface area contributed by atoms with Crippen molar-refractivity contribution in [3.8, 4) is 0 Å². The number of nitrogens with zero attached hydrogens (tertiary/aromatic N) is 2. The lowest BCUT2D eigenvalue weighted by Crippen LogP contribution is -2.30. The minimum Gasteiger partial charge on any atom is -0.351 e.